The number of aromatic nitrogens is 2. The van der Waals surface area contributed by atoms with Crippen LogP contribution in [0.15, 0.2) is 30.5 Å². The summed E-state index contributed by atoms with van der Waals surface area (Å²) in [6, 6.07) is 8.58. The number of hydrogen-bond acceptors (Lipinski definition) is 2. The first-order valence-electron chi connectivity index (χ1n) is 6.77. The predicted octanol–water partition coefficient (Wildman–Crippen LogP) is 3.96. The summed E-state index contributed by atoms with van der Waals surface area (Å²) >= 11 is 8.50. The molecular weight excluding hydrogens is 385 g/mol. The van der Waals surface area contributed by atoms with Crippen LogP contribution in [-0.4, -0.2) is 16.3 Å². The lowest BCUT2D eigenvalue weighted by Gasteiger charge is -2.18. The average Bonchev–Trinajstić information content (AvgIpc) is 2.83. The van der Waals surface area contributed by atoms with Gasteiger partial charge in [-0.2, -0.15) is 5.10 Å². The molecule has 0 spiro atoms. The highest BCUT2D eigenvalue weighted by molar-refractivity contribution is 14.1. The molecule has 1 atom stereocenters. The number of aryl methyl sites for hydroxylation is 1. The van der Waals surface area contributed by atoms with Crippen LogP contribution in [0.3, 0.4) is 0 Å². The van der Waals surface area contributed by atoms with Crippen molar-refractivity contribution in [2.45, 2.75) is 25.8 Å². The lowest BCUT2D eigenvalue weighted by Crippen LogP contribution is -2.24. The van der Waals surface area contributed by atoms with Gasteiger partial charge in [0.15, 0.2) is 0 Å². The quantitative estimate of drug-likeness (QED) is 0.740. The smallest absolute Gasteiger partial charge is 0.0643 e. The van der Waals surface area contributed by atoms with Gasteiger partial charge in [-0.05, 0) is 59.3 Å². The minimum absolute atomic E-state index is 0.249. The zero-order chi connectivity index (χ0) is 14.5. The maximum Gasteiger partial charge on any atom is 0.0643 e. The summed E-state index contributed by atoms with van der Waals surface area (Å²) in [5, 5.41) is 8.86. The molecule has 0 fully saturated rings. The maximum atomic E-state index is 6.24. The molecule has 2 rings (SSSR count). The fourth-order valence-corrected chi connectivity index (χ4v) is 2.66. The van der Waals surface area contributed by atoms with Crippen LogP contribution in [0.4, 0.5) is 0 Å². The third-order valence-corrected chi connectivity index (χ3v) is 4.74. The molecule has 1 N–H and O–H groups in total. The van der Waals surface area contributed by atoms with Crippen molar-refractivity contribution in [2.24, 2.45) is 7.05 Å². The third-order valence-electron chi connectivity index (χ3n) is 3.17. The summed E-state index contributed by atoms with van der Waals surface area (Å²) in [5.74, 6) is 0. The van der Waals surface area contributed by atoms with Crippen LogP contribution in [0, 0.1) is 3.57 Å². The van der Waals surface area contributed by atoms with E-state index in [0.717, 1.165) is 33.7 Å². The molecule has 0 saturated carbocycles. The normalized spacial score (nSPS) is 12.6. The minimum Gasteiger partial charge on any atom is -0.310 e. The van der Waals surface area contributed by atoms with Gasteiger partial charge in [0.05, 0.1) is 10.7 Å². The van der Waals surface area contributed by atoms with E-state index in [-0.39, 0.29) is 6.04 Å². The van der Waals surface area contributed by atoms with Crippen molar-refractivity contribution in [3.8, 4) is 0 Å². The van der Waals surface area contributed by atoms with Crippen LogP contribution in [0.25, 0.3) is 0 Å². The van der Waals surface area contributed by atoms with E-state index >= 15 is 0 Å². The molecule has 108 valence electrons. The van der Waals surface area contributed by atoms with Gasteiger partial charge in [-0.25, -0.2) is 0 Å². The molecule has 0 saturated heterocycles. The van der Waals surface area contributed by atoms with Crippen molar-refractivity contribution in [3.05, 3.63) is 50.3 Å². The molecule has 20 heavy (non-hydrogen) atoms. The number of nitrogens with zero attached hydrogens (tertiary/aromatic N) is 2. The van der Waals surface area contributed by atoms with E-state index in [2.05, 4.69) is 64.2 Å². The van der Waals surface area contributed by atoms with E-state index in [1.807, 2.05) is 17.9 Å². The van der Waals surface area contributed by atoms with Gasteiger partial charge in [0, 0.05) is 29.3 Å². The highest BCUT2D eigenvalue weighted by atomic mass is 127. The fourth-order valence-electron chi connectivity index (χ4n) is 2.14. The number of benzene rings is 1. The largest absolute Gasteiger partial charge is 0.310 e. The zero-order valence-corrected chi connectivity index (χ0v) is 14.6. The van der Waals surface area contributed by atoms with E-state index in [1.54, 1.807) is 0 Å². The predicted molar refractivity (Wildman–Crippen MR) is 92.1 cm³/mol. The second-order valence-electron chi connectivity index (χ2n) is 4.87. The molecule has 5 heteroatoms. The molecule has 3 nitrogen and oxygen atoms in total. The highest BCUT2D eigenvalue weighted by Crippen LogP contribution is 2.25. The summed E-state index contributed by atoms with van der Waals surface area (Å²) in [6.45, 7) is 3.16. The van der Waals surface area contributed by atoms with Gasteiger partial charge in [0.2, 0.25) is 0 Å². The highest BCUT2D eigenvalue weighted by Gasteiger charge is 2.14. The molecule has 1 aromatic heterocycles. The van der Waals surface area contributed by atoms with Crippen LogP contribution in [0.2, 0.25) is 5.02 Å². The van der Waals surface area contributed by atoms with Gasteiger partial charge < -0.3 is 5.32 Å². The van der Waals surface area contributed by atoms with Gasteiger partial charge in [-0.15, -0.1) is 0 Å². The number of hydrogen-bond donors (Lipinski definition) is 1. The average molecular weight is 404 g/mol. The minimum atomic E-state index is 0.249. The summed E-state index contributed by atoms with van der Waals surface area (Å²) < 4.78 is 2.92. The number of nitrogens with one attached hydrogen (secondary N) is 1. The van der Waals surface area contributed by atoms with Gasteiger partial charge in [0.25, 0.3) is 0 Å². The molecule has 1 heterocycles. The van der Waals surface area contributed by atoms with E-state index in [0.29, 0.717) is 0 Å². The summed E-state index contributed by atoms with van der Waals surface area (Å²) in [5.41, 5.74) is 2.31. The van der Waals surface area contributed by atoms with E-state index in [9.17, 15) is 0 Å². The molecule has 2 aromatic rings. The van der Waals surface area contributed by atoms with Crippen molar-refractivity contribution >= 4 is 34.2 Å². The molecule has 1 aromatic carbocycles. The Morgan fingerprint density at radius 2 is 2.20 bits per heavy atom. The van der Waals surface area contributed by atoms with Gasteiger partial charge in [-0.3, -0.25) is 4.68 Å². The lowest BCUT2D eigenvalue weighted by atomic mass is 10.0. The van der Waals surface area contributed by atoms with Gasteiger partial charge >= 0.3 is 0 Å². The van der Waals surface area contributed by atoms with Crippen molar-refractivity contribution in [1.82, 2.24) is 15.1 Å². The monoisotopic (exact) mass is 403 g/mol. The maximum absolute atomic E-state index is 6.24. The Morgan fingerprint density at radius 3 is 2.80 bits per heavy atom. The molecule has 0 aliphatic rings. The lowest BCUT2D eigenvalue weighted by molar-refractivity contribution is 0.521. The zero-order valence-electron chi connectivity index (χ0n) is 11.7. The van der Waals surface area contributed by atoms with Crippen molar-refractivity contribution in [1.29, 1.82) is 0 Å². The second-order valence-corrected chi connectivity index (χ2v) is 6.43. The van der Waals surface area contributed by atoms with Crippen LogP contribution in [0.1, 0.15) is 30.6 Å². The molecule has 0 bridgehead atoms. The Kier molecular flexibility index (Phi) is 5.86. The Hall–Kier alpha value is -0.590. The second kappa shape index (κ2) is 7.43. The Balaban J connectivity index is 2.19. The number of halogens is 2. The first kappa shape index (κ1) is 15.8. The van der Waals surface area contributed by atoms with E-state index < -0.39 is 0 Å². The molecule has 0 amide bonds. The fraction of sp³-hybridized carbons (Fsp3) is 0.400. The molecule has 0 radical (unpaired) electrons. The van der Waals surface area contributed by atoms with Crippen molar-refractivity contribution < 1.29 is 0 Å². The van der Waals surface area contributed by atoms with Crippen LogP contribution in [-0.2, 0) is 13.5 Å². The Labute approximate surface area is 138 Å². The van der Waals surface area contributed by atoms with Gasteiger partial charge in [0.1, 0.15) is 0 Å². The Morgan fingerprint density at radius 1 is 1.40 bits per heavy atom. The SMILES string of the molecule is CCCNC(Cc1ccn(C)n1)c1ccc(I)c(Cl)c1. The van der Waals surface area contributed by atoms with Crippen LogP contribution >= 0.6 is 34.2 Å². The molecule has 0 aliphatic carbocycles. The van der Waals surface area contributed by atoms with E-state index in [1.165, 1.54) is 5.56 Å². The van der Waals surface area contributed by atoms with Crippen molar-refractivity contribution in [3.63, 3.8) is 0 Å². The standard InChI is InChI=1S/C15H19ClIN3/c1-3-7-18-15(10-12-6-8-20(2)19-12)11-4-5-14(17)13(16)9-11/h4-6,8-9,15,18H,3,7,10H2,1-2H3. The first-order chi connectivity index (χ1) is 9.60. The van der Waals surface area contributed by atoms with Gasteiger partial charge in [-0.1, -0.05) is 24.6 Å². The Bertz CT molecular complexity index is 568. The summed E-state index contributed by atoms with van der Waals surface area (Å²) in [7, 11) is 1.94. The summed E-state index contributed by atoms with van der Waals surface area (Å²) in [6.07, 6.45) is 3.96. The first-order valence-corrected chi connectivity index (χ1v) is 8.22. The van der Waals surface area contributed by atoms with Crippen molar-refractivity contribution in [2.75, 3.05) is 6.54 Å². The van der Waals surface area contributed by atoms with Crippen LogP contribution < -0.4 is 5.32 Å². The topological polar surface area (TPSA) is 29.9 Å². The molecular formula is C15H19ClIN3. The third kappa shape index (κ3) is 4.20. The van der Waals surface area contributed by atoms with E-state index in [4.69, 9.17) is 11.6 Å². The molecule has 1 unspecified atom stereocenters. The molecule has 0 aliphatic heterocycles. The van der Waals surface area contributed by atoms with Crippen LogP contribution in [0.5, 0.6) is 0 Å². The number of rotatable bonds is 6. The summed E-state index contributed by atoms with van der Waals surface area (Å²) in [4.78, 5) is 0.